The molecule has 0 amide bonds. The second-order valence-electron chi connectivity index (χ2n) is 7.84. The fourth-order valence-corrected chi connectivity index (χ4v) is 3.81. The van der Waals surface area contributed by atoms with Gasteiger partial charge < -0.3 is 24.3 Å². The zero-order valence-corrected chi connectivity index (χ0v) is 17.7. The Bertz CT molecular complexity index is 978. The molecule has 1 aromatic carbocycles. The minimum Gasteiger partial charge on any atom is -0.504 e. The number of hydrogen-bond donors (Lipinski definition) is 2. The van der Waals surface area contributed by atoms with Gasteiger partial charge in [0, 0.05) is 30.5 Å². The summed E-state index contributed by atoms with van der Waals surface area (Å²) in [6, 6.07) is 4.92. The number of aromatic hydroxyl groups is 1. The number of carbonyl (C=O) groups is 1. The lowest BCUT2D eigenvalue weighted by Gasteiger charge is -2.33. The summed E-state index contributed by atoms with van der Waals surface area (Å²) >= 11 is 0. The standard InChI is InChI=1S/C23H29NO6/c1-4-29-23(28)17-13-24-18(14(2)3)9-15-10-22(30-8-6-5-7-25)21(27)11-16(15)19(24)12-20(17)26/h10-14,18,25,27H,4-9H2,1-3H3. The van der Waals surface area contributed by atoms with E-state index in [0.717, 1.165) is 11.1 Å². The first-order valence-corrected chi connectivity index (χ1v) is 10.4. The molecule has 30 heavy (non-hydrogen) atoms. The van der Waals surface area contributed by atoms with Gasteiger partial charge in [0.1, 0.15) is 5.56 Å². The number of phenols is 1. The van der Waals surface area contributed by atoms with E-state index < -0.39 is 11.4 Å². The highest BCUT2D eigenvalue weighted by Gasteiger charge is 2.29. The molecular weight excluding hydrogens is 386 g/mol. The molecule has 0 spiro atoms. The number of aliphatic hydroxyl groups excluding tert-OH is 1. The quantitative estimate of drug-likeness (QED) is 0.507. The van der Waals surface area contributed by atoms with Crippen molar-refractivity contribution in [2.24, 2.45) is 5.92 Å². The van der Waals surface area contributed by atoms with Crippen LogP contribution in [-0.2, 0) is 11.2 Å². The highest BCUT2D eigenvalue weighted by molar-refractivity contribution is 5.89. The minimum atomic E-state index is -0.624. The summed E-state index contributed by atoms with van der Waals surface area (Å²) in [5, 5.41) is 19.4. The smallest absolute Gasteiger partial charge is 0.343 e. The van der Waals surface area contributed by atoms with Gasteiger partial charge in [0.05, 0.1) is 18.9 Å². The first kappa shape index (κ1) is 21.9. The molecule has 0 fully saturated rings. The number of nitrogens with zero attached hydrogens (tertiary/aromatic N) is 1. The largest absolute Gasteiger partial charge is 0.504 e. The van der Waals surface area contributed by atoms with Crippen molar-refractivity contribution in [3.05, 3.63) is 45.7 Å². The Balaban J connectivity index is 2.05. The van der Waals surface area contributed by atoms with Crippen LogP contribution in [0, 0.1) is 5.92 Å². The Morgan fingerprint density at radius 1 is 1.27 bits per heavy atom. The topological polar surface area (TPSA) is 98.0 Å². The van der Waals surface area contributed by atoms with Gasteiger partial charge in [-0.25, -0.2) is 4.79 Å². The first-order chi connectivity index (χ1) is 14.4. The average molecular weight is 415 g/mol. The van der Waals surface area contributed by atoms with Crippen molar-refractivity contribution in [2.45, 2.75) is 46.1 Å². The second-order valence-corrected chi connectivity index (χ2v) is 7.84. The van der Waals surface area contributed by atoms with E-state index in [4.69, 9.17) is 14.6 Å². The Kier molecular flexibility index (Phi) is 6.82. The van der Waals surface area contributed by atoms with Crippen LogP contribution in [0.2, 0.25) is 0 Å². The van der Waals surface area contributed by atoms with Gasteiger partial charge in [-0.3, -0.25) is 4.79 Å². The van der Waals surface area contributed by atoms with Crippen molar-refractivity contribution >= 4 is 5.97 Å². The SMILES string of the molecule is CCOC(=O)c1cn2c(cc1=O)-c1cc(O)c(OCCCCO)cc1CC2C(C)C. The van der Waals surface area contributed by atoms with Crippen molar-refractivity contribution in [1.82, 2.24) is 4.57 Å². The summed E-state index contributed by atoms with van der Waals surface area (Å²) < 4.78 is 12.7. The number of unbranched alkanes of at least 4 members (excludes halogenated alkanes) is 1. The second kappa shape index (κ2) is 9.34. The Morgan fingerprint density at radius 3 is 2.70 bits per heavy atom. The van der Waals surface area contributed by atoms with Crippen molar-refractivity contribution in [2.75, 3.05) is 19.8 Å². The number of esters is 1. The Morgan fingerprint density at radius 2 is 2.03 bits per heavy atom. The number of aromatic nitrogens is 1. The third kappa shape index (κ3) is 4.36. The van der Waals surface area contributed by atoms with E-state index in [1.54, 1.807) is 19.2 Å². The molecule has 0 saturated heterocycles. The zero-order chi connectivity index (χ0) is 21.8. The van der Waals surface area contributed by atoms with Crippen LogP contribution < -0.4 is 10.2 Å². The Labute approximate surface area is 175 Å². The van der Waals surface area contributed by atoms with Gasteiger partial charge in [-0.05, 0) is 49.8 Å². The molecule has 1 aliphatic heterocycles. The van der Waals surface area contributed by atoms with Crippen LogP contribution in [0.4, 0.5) is 0 Å². The molecule has 0 radical (unpaired) electrons. The molecule has 7 heteroatoms. The van der Waals surface area contributed by atoms with E-state index in [2.05, 4.69) is 13.8 Å². The summed E-state index contributed by atoms with van der Waals surface area (Å²) in [6.45, 7) is 6.59. The summed E-state index contributed by atoms with van der Waals surface area (Å²) in [6.07, 6.45) is 3.59. The van der Waals surface area contributed by atoms with Gasteiger partial charge in [-0.2, -0.15) is 0 Å². The van der Waals surface area contributed by atoms with Crippen LogP contribution in [0.3, 0.4) is 0 Å². The van der Waals surface area contributed by atoms with Gasteiger partial charge in [0.2, 0.25) is 0 Å². The molecule has 0 aliphatic carbocycles. The van der Waals surface area contributed by atoms with E-state index in [9.17, 15) is 14.7 Å². The molecule has 0 bridgehead atoms. The fraction of sp³-hybridized carbons (Fsp3) is 0.478. The van der Waals surface area contributed by atoms with Crippen LogP contribution in [-0.4, -0.2) is 40.6 Å². The molecule has 0 saturated carbocycles. The third-order valence-corrected chi connectivity index (χ3v) is 5.40. The number of hydrogen-bond acceptors (Lipinski definition) is 6. The molecule has 1 atom stereocenters. The summed E-state index contributed by atoms with van der Waals surface area (Å²) in [4.78, 5) is 24.8. The molecule has 1 unspecified atom stereocenters. The Hall–Kier alpha value is -2.80. The normalized spacial score (nSPS) is 14.9. The molecule has 2 N–H and O–H groups in total. The maximum absolute atomic E-state index is 12.6. The highest BCUT2D eigenvalue weighted by Crippen LogP contribution is 2.42. The van der Waals surface area contributed by atoms with Gasteiger partial charge in [-0.15, -0.1) is 0 Å². The zero-order valence-electron chi connectivity index (χ0n) is 17.7. The fourth-order valence-electron chi connectivity index (χ4n) is 3.81. The van der Waals surface area contributed by atoms with Crippen LogP contribution in [0.5, 0.6) is 11.5 Å². The van der Waals surface area contributed by atoms with Crippen LogP contribution in [0.25, 0.3) is 11.3 Å². The van der Waals surface area contributed by atoms with E-state index in [1.165, 1.54) is 6.07 Å². The molecule has 2 aromatic rings. The van der Waals surface area contributed by atoms with Crippen LogP contribution >= 0.6 is 0 Å². The molecule has 162 valence electrons. The molecular formula is C23H29NO6. The van der Waals surface area contributed by atoms with E-state index >= 15 is 0 Å². The van der Waals surface area contributed by atoms with Crippen LogP contribution in [0.15, 0.2) is 29.2 Å². The lowest BCUT2D eigenvalue weighted by Crippen LogP contribution is -2.28. The maximum Gasteiger partial charge on any atom is 0.343 e. The van der Waals surface area contributed by atoms with Crippen molar-refractivity contribution < 1.29 is 24.5 Å². The molecule has 7 nitrogen and oxygen atoms in total. The number of benzene rings is 1. The molecule has 2 heterocycles. The molecule has 1 aliphatic rings. The molecule has 3 rings (SSSR count). The van der Waals surface area contributed by atoms with E-state index in [-0.39, 0.29) is 36.5 Å². The highest BCUT2D eigenvalue weighted by atomic mass is 16.5. The van der Waals surface area contributed by atoms with E-state index in [1.807, 2.05) is 10.6 Å². The van der Waals surface area contributed by atoms with E-state index in [0.29, 0.717) is 37.3 Å². The lowest BCUT2D eigenvalue weighted by atomic mass is 9.87. The summed E-state index contributed by atoms with van der Waals surface area (Å²) in [5.74, 6) is 0.0140. The van der Waals surface area contributed by atoms with Gasteiger partial charge >= 0.3 is 5.97 Å². The number of aliphatic hydroxyl groups is 1. The summed E-state index contributed by atoms with van der Waals surface area (Å²) in [7, 11) is 0. The average Bonchev–Trinajstić information content (AvgIpc) is 2.70. The van der Waals surface area contributed by atoms with Crippen molar-refractivity contribution in [3.8, 4) is 22.8 Å². The lowest BCUT2D eigenvalue weighted by molar-refractivity contribution is 0.0523. The number of carbonyl (C=O) groups excluding carboxylic acids is 1. The predicted molar refractivity (Wildman–Crippen MR) is 113 cm³/mol. The van der Waals surface area contributed by atoms with Crippen LogP contribution in [0.1, 0.15) is 55.6 Å². The minimum absolute atomic E-state index is 0.00536. The third-order valence-electron chi connectivity index (χ3n) is 5.40. The maximum atomic E-state index is 12.6. The summed E-state index contributed by atoms with van der Waals surface area (Å²) in [5.41, 5.74) is 2.00. The number of fused-ring (bicyclic) bond motifs is 3. The van der Waals surface area contributed by atoms with Gasteiger partial charge in [-0.1, -0.05) is 13.8 Å². The molecule has 1 aromatic heterocycles. The number of rotatable bonds is 8. The predicted octanol–water partition coefficient (Wildman–Crippen LogP) is 3.30. The van der Waals surface area contributed by atoms with Gasteiger partial charge in [0.25, 0.3) is 0 Å². The van der Waals surface area contributed by atoms with Crippen molar-refractivity contribution in [3.63, 3.8) is 0 Å². The number of ether oxygens (including phenoxy) is 2. The number of phenolic OH excluding ortho intramolecular Hbond substituents is 1. The first-order valence-electron chi connectivity index (χ1n) is 10.4. The monoisotopic (exact) mass is 415 g/mol. The number of pyridine rings is 1. The van der Waals surface area contributed by atoms with Crippen molar-refractivity contribution in [1.29, 1.82) is 0 Å². The van der Waals surface area contributed by atoms with Gasteiger partial charge in [0.15, 0.2) is 16.9 Å².